The van der Waals surface area contributed by atoms with E-state index in [4.69, 9.17) is 0 Å². The van der Waals surface area contributed by atoms with Crippen LogP contribution in [-0.2, 0) is 17.6 Å². The number of aryl methyl sites for hydroxylation is 3. The maximum absolute atomic E-state index is 12.2. The molecule has 25 heavy (non-hydrogen) atoms. The van der Waals surface area contributed by atoms with Crippen LogP contribution < -0.4 is 5.32 Å². The summed E-state index contributed by atoms with van der Waals surface area (Å²) >= 11 is 0. The second-order valence-corrected chi connectivity index (χ2v) is 6.40. The van der Waals surface area contributed by atoms with Gasteiger partial charge in [0.15, 0.2) is 5.82 Å². The first-order valence-corrected chi connectivity index (χ1v) is 8.32. The van der Waals surface area contributed by atoms with E-state index in [0.29, 0.717) is 12.2 Å². The smallest absolute Gasteiger partial charge is 0.232 e. The average Bonchev–Trinajstić information content (AvgIpc) is 3.00. The van der Waals surface area contributed by atoms with Gasteiger partial charge in [0.2, 0.25) is 5.91 Å². The average molecular weight is 334 g/mol. The third-order valence-electron chi connectivity index (χ3n) is 4.06. The summed E-state index contributed by atoms with van der Waals surface area (Å²) in [7, 11) is 0. The third-order valence-corrected chi connectivity index (χ3v) is 4.06. The van der Waals surface area contributed by atoms with Crippen molar-refractivity contribution in [3.63, 3.8) is 0 Å². The van der Waals surface area contributed by atoms with Crippen molar-refractivity contribution in [2.45, 2.75) is 33.6 Å². The molecule has 0 spiro atoms. The van der Waals surface area contributed by atoms with E-state index in [1.165, 1.54) is 5.56 Å². The van der Waals surface area contributed by atoms with Crippen LogP contribution in [-0.4, -0.2) is 21.1 Å². The molecule has 0 aliphatic heterocycles. The molecule has 1 aromatic heterocycles. The monoisotopic (exact) mass is 334 g/mol. The number of anilines is 1. The number of carbonyl (C=O) groups excluding carboxylic acids is 1. The van der Waals surface area contributed by atoms with Crippen molar-refractivity contribution in [2.24, 2.45) is 0 Å². The van der Waals surface area contributed by atoms with Gasteiger partial charge in [-0.25, -0.2) is 4.98 Å². The van der Waals surface area contributed by atoms with E-state index in [0.717, 1.165) is 28.2 Å². The lowest BCUT2D eigenvalue weighted by molar-refractivity contribution is -0.115. The number of hydrogen-bond acceptors (Lipinski definition) is 3. The number of H-pyrrole nitrogens is 1. The van der Waals surface area contributed by atoms with Gasteiger partial charge < -0.3 is 5.32 Å². The van der Waals surface area contributed by atoms with E-state index < -0.39 is 0 Å². The van der Waals surface area contributed by atoms with Gasteiger partial charge in [0.25, 0.3) is 0 Å². The Hall–Kier alpha value is -2.95. The van der Waals surface area contributed by atoms with E-state index in [1.807, 2.05) is 32.0 Å². The van der Waals surface area contributed by atoms with Gasteiger partial charge in [-0.3, -0.25) is 9.89 Å². The van der Waals surface area contributed by atoms with Crippen molar-refractivity contribution in [2.75, 3.05) is 5.32 Å². The third kappa shape index (κ3) is 4.53. The number of hydrogen-bond donors (Lipinski definition) is 2. The van der Waals surface area contributed by atoms with Gasteiger partial charge in [-0.15, -0.1) is 0 Å². The molecule has 1 heterocycles. The molecule has 0 saturated carbocycles. The molecule has 0 unspecified atom stereocenters. The summed E-state index contributed by atoms with van der Waals surface area (Å²) in [4.78, 5) is 16.7. The fraction of sp³-hybridized carbons (Fsp3) is 0.250. The van der Waals surface area contributed by atoms with Crippen LogP contribution in [0, 0.1) is 20.8 Å². The molecule has 5 nitrogen and oxygen atoms in total. The molecule has 0 fully saturated rings. The van der Waals surface area contributed by atoms with E-state index >= 15 is 0 Å². The summed E-state index contributed by atoms with van der Waals surface area (Å²) in [5, 5.41) is 10.0. The number of aromatic nitrogens is 3. The molecular formula is C20H22N4O. The van der Waals surface area contributed by atoms with Crippen LogP contribution in [0.3, 0.4) is 0 Å². The molecule has 3 aromatic rings. The highest BCUT2D eigenvalue weighted by Crippen LogP contribution is 2.16. The van der Waals surface area contributed by atoms with Crippen LogP contribution in [0.15, 0.2) is 42.5 Å². The van der Waals surface area contributed by atoms with Crippen LogP contribution in [0.25, 0.3) is 0 Å². The van der Waals surface area contributed by atoms with Gasteiger partial charge in [-0.2, -0.15) is 5.10 Å². The predicted octanol–water partition coefficient (Wildman–Crippen LogP) is 3.50. The van der Waals surface area contributed by atoms with Crippen LogP contribution in [0.4, 0.5) is 5.69 Å². The summed E-state index contributed by atoms with van der Waals surface area (Å²) in [6.45, 7) is 6.04. The molecule has 3 rings (SSSR count). The van der Waals surface area contributed by atoms with Crippen molar-refractivity contribution in [3.05, 3.63) is 76.4 Å². The fourth-order valence-corrected chi connectivity index (χ4v) is 2.60. The zero-order valence-corrected chi connectivity index (χ0v) is 14.8. The van der Waals surface area contributed by atoms with Gasteiger partial charge in [0.1, 0.15) is 5.82 Å². The summed E-state index contributed by atoms with van der Waals surface area (Å²) in [6.07, 6.45) is 0.823. The van der Waals surface area contributed by atoms with E-state index in [2.05, 4.69) is 51.7 Å². The topological polar surface area (TPSA) is 70.7 Å². The molecule has 1 amide bonds. The minimum Gasteiger partial charge on any atom is -0.325 e. The maximum Gasteiger partial charge on any atom is 0.232 e. The largest absolute Gasteiger partial charge is 0.325 e. The van der Waals surface area contributed by atoms with Gasteiger partial charge in [-0.1, -0.05) is 42.0 Å². The Labute approximate surface area is 147 Å². The Bertz CT molecular complexity index is 881. The van der Waals surface area contributed by atoms with Gasteiger partial charge in [-0.05, 0) is 43.5 Å². The summed E-state index contributed by atoms with van der Waals surface area (Å²) < 4.78 is 0. The fourth-order valence-electron chi connectivity index (χ4n) is 2.60. The molecule has 128 valence electrons. The number of carbonyl (C=O) groups is 1. The Kier molecular flexibility index (Phi) is 4.93. The van der Waals surface area contributed by atoms with Crippen molar-refractivity contribution in [3.8, 4) is 0 Å². The second-order valence-electron chi connectivity index (χ2n) is 6.40. The molecule has 0 radical (unpaired) electrons. The minimum absolute atomic E-state index is 0.116. The van der Waals surface area contributed by atoms with Gasteiger partial charge in [0, 0.05) is 12.1 Å². The van der Waals surface area contributed by atoms with Crippen LogP contribution >= 0.6 is 0 Å². The predicted molar refractivity (Wildman–Crippen MR) is 98.6 cm³/mol. The Morgan fingerprint density at radius 3 is 2.52 bits per heavy atom. The molecule has 5 heteroatoms. The summed E-state index contributed by atoms with van der Waals surface area (Å²) in [5.41, 5.74) is 5.37. The van der Waals surface area contributed by atoms with E-state index in [1.54, 1.807) is 0 Å². The lowest BCUT2D eigenvalue weighted by atomic mass is 10.1. The molecular weight excluding hydrogens is 312 g/mol. The number of nitrogens with one attached hydrogen (secondary N) is 2. The lowest BCUT2D eigenvalue weighted by Gasteiger charge is -2.08. The highest BCUT2D eigenvalue weighted by molar-refractivity contribution is 5.92. The number of benzene rings is 2. The first-order valence-electron chi connectivity index (χ1n) is 8.32. The first-order chi connectivity index (χ1) is 12.0. The van der Waals surface area contributed by atoms with E-state index in [-0.39, 0.29) is 12.3 Å². The number of rotatable bonds is 5. The van der Waals surface area contributed by atoms with Crippen molar-refractivity contribution < 1.29 is 4.79 Å². The molecule has 0 atom stereocenters. The van der Waals surface area contributed by atoms with Crippen LogP contribution in [0.1, 0.15) is 33.9 Å². The quantitative estimate of drug-likeness (QED) is 0.750. The van der Waals surface area contributed by atoms with E-state index in [9.17, 15) is 4.79 Å². The minimum atomic E-state index is -0.116. The summed E-state index contributed by atoms with van der Waals surface area (Å²) in [5.74, 6) is 1.15. The zero-order chi connectivity index (χ0) is 17.8. The zero-order valence-electron chi connectivity index (χ0n) is 14.8. The number of aromatic amines is 1. The van der Waals surface area contributed by atoms with Crippen LogP contribution in [0.2, 0.25) is 0 Å². The lowest BCUT2D eigenvalue weighted by Crippen LogP contribution is -2.16. The summed E-state index contributed by atoms with van der Waals surface area (Å²) in [6, 6.07) is 14.3. The highest BCUT2D eigenvalue weighted by atomic mass is 16.1. The maximum atomic E-state index is 12.2. The standard InChI is InChI=1S/C20H22N4O/c1-13-5-8-16(9-6-13)11-18-22-19(24-23-18)12-20(25)21-17-10-14(2)4-7-15(17)3/h4-10H,11-12H2,1-3H3,(H,21,25)(H,22,23,24). The SMILES string of the molecule is Cc1ccc(Cc2nc(CC(=O)Nc3cc(C)ccc3C)n[nH]2)cc1. The highest BCUT2D eigenvalue weighted by Gasteiger charge is 2.11. The Morgan fingerprint density at radius 2 is 1.76 bits per heavy atom. The molecule has 0 aliphatic rings. The molecule has 0 saturated heterocycles. The molecule has 2 N–H and O–H groups in total. The van der Waals surface area contributed by atoms with Gasteiger partial charge in [0.05, 0.1) is 6.42 Å². The van der Waals surface area contributed by atoms with Crippen molar-refractivity contribution >= 4 is 11.6 Å². The Morgan fingerprint density at radius 1 is 1.04 bits per heavy atom. The number of amides is 1. The molecule has 0 bridgehead atoms. The second kappa shape index (κ2) is 7.30. The van der Waals surface area contributed by atoms with Crippen LogP contribution in [0.5, 0.6) is 0 Å². The number of nitrogens with zero attached hydrogens (tertiary/aromatic N) is 2. The van der Waals surface area contributed by atoms with Crippen molar-refractivity contribution in [1.29, 1.82) is 0 Å². The molecule has 0 aliphatic carbocycles. The molecule has 2 aromatic carbocycles. The Balaban J connectivity index is 1.61. The van der Waals surface area contributed by atoms with Crippen molar-refractivity contribution in [1.82, 2.24) is 15.2 Å². The first kappa shape index (κ1) is 16.9. The normalized spacial score (nSPS) is 10.7. The van der Waals surface area contributed by atoms with Gasteiger partial charge >= 0.3 is 0 Å².